The van der Waals surface area contributed by atoms with Gasteiger partial charge in [0.15, 0.2) is 0 Å². The van der Waals surface area contributed by atoms with Crippen LogP contribution < -0.4 is 0 Å². The van der Waals surface area contributed by atoms with Gasteiger partial charge in [0.25, 0.3) is 0 Å². The van der Waals surface area contributed by atoms with Gasteiger partial charge in [0, 0.05) is 12.4 Å². The zero-order chi connectivity index (χ0) is 14.1. The molecule has 0 aliphatic rings. The van der Waals surface area contributed by atoms with Crippen LogP contribution in [0.5, 0.6) is 0 Å². The first-order chi connectivity index (χ1) is 9.66. The molecule has 0 aliphatic carbocycles. The highest BCUT2D eigenvalue weighted by atomic mass is 16.4. The number of benzene rings is 1. The summed E-state index contributed by atoms with van der Waals surface area (Å²) in [7, 11) is 0. The van der Waals surface area contributed by atoms with Crippen molar-refractivity contribution in [3.63, 3.8) is 0 Å². The van der Waals surface area contributed by atoms with Crippen LogP contribution in [0.3, 0.4) is 0 Å². The average molecular weight is 270 g/mol. The van der Waals surface area contributed by atoms with Crippen molar-refractivity contribution in [1.29, 1.82) is 0 Å². The molecule has 2 heterocycles. The second-order valence-electron chi connectivity index (χ2n) is 4.71. The minimum atomic E-state index is -0.941. The summed E-state index contributed by atoms with van der Waals surface area (Å²) in [5, 5.41) is 13.5. The summed E-state index contributed by atoms with van der Waals surface area (Å²) in [5.74, 6) is -0.941. The van der Waals surface area contributed by atoms with E-state index < -0.39 is 5.97 Å². The van der Waals surface area contributed by atoms with Crippen molar-refractivity contribution in [1.82, 2.24) is 19.3 Å². The summed E-state index contributed by atoms with van der Waals surface area (Å²) in [6, 6.07) is 7.05. The van der Waals surface area contributed by atoms with Crippen LogP contribution in [0.4, 0.5) is 0 Å². The molecule has 0 aliphatic heterocycles. The molecule has 0 bridgehead atoms. The van der Waals surface area contributed by atoms with Gasteiger partial charge in [0.2, 0.25) is 0 Å². The fraction of sp³-hybridized carbons (Fsp3) is 0.214. The molecule has 1 atom stereocenters. The highest BCUT2D eigenvalue weighted by Gasteiger charge is 2.16. The molecule has 6 heteroatoms. The van der Waals surface area contributed by atoms with E-state index in [-0.39, 0.29) is 11.6 Å². The number of rotatable bonds is 4. The summed E-state index contributed by atoms with van der Waals surface area (Å²) in [4.78, 5) is 15.6. The number of hydrogen-bond donors (Lipinski definition) is 1. The van der Waals surface area contributed by atoms with E-state index in [1.807, 2.05) is 34.5 Å². The molecule has 2 aromatic heterocycles. The zero-order valence-electron chi connectivity index (χ0n) is 11.0. The highest BCUT2D eigenvalue weighted by Crippen LogP contribution is 2.22. The normalized spacial score (nSPS) is 12.7. The first kappa shape index (κ1) is 12.4. The Hall–Kier alpha value is -2.63. The predicted octanol–water partition coefficient (Wildman–Crippen LogP) is 2.19. The fourth-order valence-electron chi connectivity index (χ4n) is 2.36. The first-order valence-electron chi connectivity index (χ1n) is 6.33. The lowest BCUT2D eigenvalue weighted by molar-refractivity contribution is 0.0698. The predicted molar refractivity (Wildman–Crippen MR) is 73.6 cm³/mol. The zero-order valence-corrected chi connectivity index (χ0v) is 11.0. The van der Waals surface area contributed by atoms with E-state index in [2.05, 4.69) is 10.1 Å². The molecule has 20 heavy (non-hydrogen) atoms. The van der Waals surface area contributed by atoms with Crippen LogP contribution in [-0.4, -0.2) is 30.4 Å². The number of nitrogens with zero attached hydrogens (tertiary/aromatic N) is 4. The Bertz CT molecular complexity index is 746. The minimum Gasteiger partial charge on any atom is -0.478 e. The van der Waals surface area contributed by atoms with Gasteiger partial charge in [-0.25, -0.2) is 9.78 Å². The van der Waals surface area contributed by atoms with Gasteiger partial charge in [-0.15, -0.1) is 0 Å². The molecule has 3 rings (SSSR count). The number of aromatic nitrogens is 4. The van der Waals surface area contributed by atoms with Crippen molar-refractivity contribution in [3.8, 4) is 0 Å². The molecule has 1 N–H and O–H groups in total. The van der Waals surface area contributed by atoms with Crippen LogP contribution in [-0.2, 0) is 6.54 Å². The van der Waals surface area contributed by atoms with Gasteiger partial charge < -0.3 is 9.67 Å². The minimum absolute atomic E-state index is 0.0559. The van der Waals surface area contributed by atoms with Crippen molar-refractivity contribution in [2.24, 2.45) is 0 Å². The molecular formula is C14H14N4O2. The molecule has 0 saturated heterocycles. The molecular weight excluding hydrogens is 256 g/mol. The summed E-state index contributed by atoms with van der Waals surface area (Å²) < 4.78 is 3.71. The molecule has 0 saturated carbocycles. The third-order valence-corrected chi connectivity index (χ3v) is 3.31. The fourth-order valence-corrected chi connectivity index (χ4v) is 2.36. The number of carboxylic acids is 1. The van der Waals surface area contributed by atoms with Crippen molar-refractivity contribution in [3.05, 3.63) is 48.5 Å². The Morgan fingerprint density at radius 2 is 2.25 bits per heavy atom. The van der Waals surface area contributed by atoms with Crippen LogP contribution in [0.1, 0.15) is 23.3 Å². The Morgan fingerprint density at radius 1 is 1.40 bits per heavy atom. The summed E-state index contributed by atoms with van der Waals surface area (Å²) >= 11 is 0. The number of imidazole rings is 1. The standard InChI is InChI=1S/C14H14N4O2/c1-10(8-17-7-3-6-16-17)18-9-15-12-5-2-4-11(13(12)18)14(19)20/h2-7,9-10H,8H2,1H3,(H,19,20). The van der Waals surface area contributed by atoms with Gasteiger partial charge in [-0.3, -0.25) is 4.68 Å². The van der Waals surface area contributed by atoms with Crippen LogP contribution in [0.15, 0.2) is 43.0 Å². The quantitative estimate of drug-likeness (QED) is 0.788. The molecule has 1 unspecified atom stereocenters. The second-order valence-corrected chi connectivity index (χ2v) is 4.71. The Morgan fingerprint density at radius 3 is 2.95 bits per heavy atom. The third-order valence-electron chi connectivity index (χ3n) is 3.31. The van der Waals surface area contributed by atoms with Crippen LogP contribution in [0, 0.1) is 0 Å². The van der Waals surface area contributed by atoms with Crippen molar-refractivity contribution in [2.75, 3.05) is 0 Å². The Labute approximate surface area is 115 Å². The van der Waals surface area contributed by atoms with Gasteiger partial charge in [-0.2, -0.15) is 5.10 Å². The van der Waals surface area contributed by atoms with E-state index in [9.17, 15) is 9.90 Å². The maximum Gasteiger partial charge on any atom is 0.337 e. The second kappa shape index (κ2) is 4.80. The lowest BCUT2D eigenvalue weighted by Gasteiger charge is -2.15. The Kier molecular flexibility index (Phi) is 2.98. The molecule has 3 aromatic rings. The lowest BCUT2D eigenvalue weighted by Crippen LogP contribution is -2.14. The van der Waals surface area contributed by atoms with Crippen molar-refractivity contribution in [2.45, 2.75) is 19.5 Å². The number of fused-ring (bicyclic) bond motifs is 1. The van der Waals surface area contributed by atoms with Gasteiger partial charge in [-0.1, -0.05) is 6.07 Å². The van der Waals surface area contributed by atoms with E-state index >= 15 is 0 Å². The van der Waals surface area contributed by atoms with Gasteiger partial charge in [0.1, 0.15) is 0 Å². The number of carbonyl (C=O) groups is 1. The van der Waals surface area contributed by atoms with Gasteiger partial charge in [0.05, 0.1) is 35.5 Å². The van der Waals surface area contributed by atoms with E-state index in [4.69, 9.17) is 0 Å². The first-order valence-corrected chi connectivity index (χ1v) is 6.33. The van der Waals surface area contributed by atoms with E-state index in [0.29, 0.717) is 17.6 Å². The van der Waals surface area contributed by atoms with Crippen LogP contribution in [0.25, 0.3) is 11.0 Å². The number of carboxylic acid groups (broad SMARTS) is 1. The summed E-state index contributed by atoms with van der Waals surface area (Å²) in [5.41, 5.74) is 1.61. The Balaban J connectivity index is 2.05. The maximum atomic E-state index is 11.3. The third kappa shape index (κ3) is 2.05. The monoisotopic (exact) mass is 270 g/mol. The van der Waals surface area contributed by atoms with E-state index in [1.54, 1.807) is 24.7 Å². The van der Waals surface area contributed by atoms with Crippen molar-refractivity contribution < 1.29 is 9.90 Å². The van der Waals surface area contributed by atoms with Crippen molar-refractivity contribution >= 4 is 17.0 Å². The molecule has 102 valence electrons. The molecule has 1 aromatic carbocycles. The molecule has 6 nitrogen and oxygen atoms in total. The van der Waals surface area contributed by atoms with Crippen LogP contribution >= 0.6 is 0 Å². The van der Waals surface area contributed by atoms with Gasteiger partial charge in [-0.05, 0) is 25.1 Å². The summed E-state index contributed by atoms with van der Waals surface area (Å²) in [6.45, 7) is 2.67. The highest BCUT2D eigenvalue weighted by molar-refractivity contribution is 6.01. The van der Waals surface area contributed by atoms with E-state index in [0.717, 1.165) is 0 Å². The SMILES string of the molecule is CC(Cn1cccn1)n1cnc2cccc(C(=O)O)c21. The average Bonchev–Trinajstić information content (AvgIpc) is 3.06. The smallest absolute Gasteiger partial charge is 0.337 e. The molecule has 0 fully saturated rings. The number of aromatic carboxylic acids is 1. The number of hydrogen-bond acceptors (Lipinski definition) is 3. The molecule has 0 radical (unpaired) electrons. The van der Waals surface area contributed by atoms with E-state index in [1.165, 1.54) is 0 Å². The molecule has 0 amide bonds. The largest absolute Gasteiger partial charge is 0.478 e. The van der Waals surface area contributed by atoms with Crippen LogP contribution in [0.2, 0.25) is 0 Å². The topological polar surface area (TPSA) is 72.9 Å². The molecule has 0 spiro atoms. The lowest BCUT2D eigenvalue weighted by atomic mass is 10.1. The van der Waals surface area contributed by atoms with Gasteiger partial charge >= 0.3 is 5.97 Å². The number of para-hydroxylation sites is 1. The summed E-state index contributed by atoms with van der Waals surface area (Å²) in [6.07, 6.45) is 5.29. The maximum absolute atomic E-state index is 11.3.